The summed E-state index contributed by atoms with van der Waals surface area (Å²) < 4.78 is 40.5. The molecular weight excluding hydrogens is 267 g/mol. The molecule has 0 spiro atoms. The minimum absolute atomic E-state index is 0.272. The SMILES string of the molecule is Cn1cncc1Cn1nnc(C(=O)O)c1C(F)(F)F. The van der Waals surface area contributed by atoms with Gasteiger partial charge in [-0.2, -0.15) is 13.2 Å². The van der Waals surface area contributed by atoms with Gasteiger partial charge < -0.3 is 9.67 Å². The number of hydrogen-bond acceptors (Lipinski definition) is 4. The van der Waals surface area contributed by atoms with Crippen molar-refractivity contribution in [1.82, 2.24) is 24.5 Å². The van der Waals surface area contributed by atoms with Crippen LogP contribution in [0, 0.1) is 0 Å². The molecular formula is C9H8F3N5O2. The highest BCUT2D eigenvalue weighted by molar-refractivity contribution is 5.86. The first-order chi connectivity index (χ1) is 8.80. The smallest absolute Gasteiger partial charge is 0.435 e. The number of carboxylic acids is 1. The van der Waals surface area contributed by atoms with Crippen molar-refractivity contribution >= 4 is 5.97 Å². The minimum Gasteiger partial charge on any atom is -0.476 e. The Morgan fingerprint density at radius 2 is 2.16 bits per heavy atom. The van der Waals surface area contributed by atoms with Crippen LogP contribution in [0.1, 0.15) is 21.9 Å². The normalized spacial score (nSPS) is 11.8. The van der Waals surface area contributed by atoms with Gasteiger partial charge in [-0.1, -0.05) is 5.21 Å². The number of halogens is 3. The molecule has 0 amide bonds. The van der Waals surface area contributed by atoms with Gasteiger partial charge in [-0.15, -0.1) is 5.10 Å². The largest absolute Gasteiger partial charge is 0.476 e. The van der Waals surface area contributed by atoms with E-state index in [-0.39, 0.29) is 6.54 Å². The maximum atomic E-state index is 12.8. The van der Waals surface area contributed by atoms with E-state index in [1.807, 2.05) is 0 Å². The summed E-state index contributed by atoms with van der Waals surface area (Å²) in [4.78, 5) is 14.5. The topological polar surface area (TPSA) is 85.8 Å². The summed E-state index contributed by atoms with van der Waals surface area (Å²) in [5, 5.41) is 15.0. The lowest BCUT2D eigenvalue weighted by Gasteiger charge is -2.10. The maximum absolute atomic E-state index is 12.8. The third-order valence-electron chi connectivity index (χ3n) is 2.43. The Labute approximate surface area is 104 Å². The molecule has 0 aliphatic heterocycles. The second-order valence-electron chi connectivity index (χ2n) is 3.74. The van der Waals surface area contributed by atoms with Crippen molar-refractivity contribution in [1.29, 1.82) is 0 Å². The van der Waals surface area contributed by atoms with Gasteiger partial charge >= 0.3 is 12.1 Å². The molecule has 0 radical (unpaired) electrons. The number of aromatic carboxylic acids is 1. The molecule has 0 bridgehead atoms. The van der Waals surface area contributed by atoms with E-state index >= 15 is 0 Å². The standard InChI is InChI=1S/C9H8F3N5O2/c1-16-4-13-2-5(16)3-17-7(9(10,11)12)6(8(18)19)14-15-17/h2,4H,3H2,1H3,(H,18,19). The van der Waals surface area contributed by atoms with Gasteiger partial charge in [-0.3, -0.25) is 0 Å². The number of rotatable bonds is 3. The van der Waals surface area contributed by atoms with Crippen molar-refractivity contribution in [2.45, 2.75) is 12.7 Å². The van der Waals surface area contributed by atoms with E-state index in [0.717, 1.165) is 0 Å². The second kappa shape index (κ2) is 4.37. The van der Waals surface area contributed by atoms with Gasteiger partial charge in [-0.05, 0) is 0 Å². The first kappa shape index (κ1) is 13.1. The molecule has 0 aromatic carbocycles. The van der Waals surface area contributed by atoms with Crippen molar-refractivity contribution in [2.24, 2.45) is 7.05 Å². The summed E-state index contributed by atoms with van der Waals surface area (Å²) >= 11 is 0. The summed E-state index contributed by atoms with van der Waals surface area (Å²) in [6.45, 7) is -0.272. The Morgan fingerprint density at radius 3 is 2.63 bits per heavy atom. The van der Waals surface area contributed by atoms with Crippen molar-refractivity contribution in [2.75, 3.05) is 0 Å². The maximum Gasteiger partial charge on any atom is 0.435 e. The van der Waals surface area contributed by atoms with E-state index in [1.165, 1.54) is 17.1 Å². The molecule has 0 unspecified atom stereocenters. The van der Waals surface area contributed by atoms with Crippen molar-refractivity contribution < 1.29 is 23.1 Å². The van der Waals surface area contributed by atoms with Crippen molar-refractivity contribution in [3.05, 3.63) is 29.6 Å². The molecule has 0 aliphatic carbocycles. The van der Waals surface area contributed by atoms with Crippen LogP contribution in [0.25, 0.3) is 0 Å². The summed E-state index contributed by atoms with van der Waals surface area (Å²) in [7, 11) is 1.60. The van der Waals surface area contributed by atoms with Gasteiger partial charge in [0.1, 0.15) is 0 Å². The monoisotopic (exact) mass is 275 g/mol. The highest BCUT2D eigenvalue weighted by atomic mass is 19.4. The molecule has 0 fully saturated rings. The Balaban J connectivity index is 2.47. The Bertz CT molecular complexity index is 616. The van der Waals surface area contributed by atoms with E-state index in [1.54, 1.807) is 7.05 Å². The molecule has 19 heavy (non-hydrogen) atoms. The number of hydrogen-bond donors (Lipinski definition) is 1. The van der Waals surface area contributed by atoms with E-state index in [9.17, 15) is 18.0 Å². The number of alkyl halides is 3. The average molecular weight is 275 g/mol. The molecule has 1 N–H and O–H groups in total. The molecule has 0 saturated heterocycles. The zero-order valence-corrected chi connectivity index (χ0v) is 9.59. The molecule has 2 heterocycles. The molecule has 2 aromatic rings. The van der Waals surface area contributed by atoms with Crippen LogP contribution >= 0.6 is 0 Å². The summed E-state index contributed by atoms with van der Waals surface area (Å²) in [5.74, 6) is -1.77. The van der Waals surface area contributed by atoms with E-state index in [0.29, 0.717) is 10.4 Å². The molecule has 7 nitrogen and oxygen atoms in total. The molecule has 10 heteroatoms. The second-order valence-corrected chi connectivity index (χ2v) is 3.74. The molecule has 2 rings (SSSR count). The number of imidazole rings is 1. The summed E-state index contributed by atoms with van der Waals surface area (Å²) in [5.41, 5.74) is -2.07. The molecule has 0 atom stereocenters. The zero-order chi connectivity index (χ0) is 14.2. The highest BCUT2D eigenvalue weighted by Crippen LogP contribution is 2.31. The molecule has 0 aliphatic rings. The van der Waals surface area contributed by atoms with Crippen LogP contribution in [0.4, 0.5) is 13.2 Å². The molecule has 2 aromatic heterocycles. The lowest BCUT2D eigenvalue weighted by molar-refractivity contribution is -0.144. The van der Waals surface area contributed by atoms with Crippen LogP contribution in [0.5, 0.6) is 0 Å². The first-order valence-corrected chi connectivity index (χ1v) is 5.00. The van der Waals surface area contributed by atoms with E-state index in [4.69, 9.17) is 5.11 Å². The van der Waals surface area contributed by atoms with E-state index < -0.39 is 23.5 Å². The minimum atomic E-state index is -4.85. The predicted octanol–water partition coefficient (Wildman–Crippen LogP) is 0.777. The third kappa shape index (κ3) is 2.41. The van der Waals surface area contributed by atoms with Crippen LogP contribution < -0.4 is 0 Å². The lowest BCUT2D eigenvalue weighted by atomic mass is 10.3. The van der Waals surface area contributed by atoms with Crippen LogP contribution in [-0.2, 0) is 19.8 Å². The molecule has 0 saturated carbocycles. The number of carboxylic acid groups (broad SMARTS) is 1. The Morgan fingerprint density at radius 1 is 1.47 bits per heavy atom. The number of aromatic nitrogens is 5. The average Bonchev–Trinajstić information content (AvgIpc) is 2.85. The van der Waals surface area contributed by atoms with Crippen LogP contribution in [-0.4, -0.2) is 35.6 Å². The summed E-state index contributed by atoms with van der Waals surface area (Å²) in [6, 6.07) is 0. The van der Waals surface area contributed by atoms with Gasteiger partial charge in [0.05, 0.1) is 24.8 Å². The first-order valence-electron chi connectivity index (χ1n) is 5.00. The zero-order valence-electron chi connectivity index (χ0n) is 9.59. The number of aryl methyl sites for hydroxylation is 1. The number of nitrogens with zero attached hydrogens (tertiary/aromatic N) is 5. The van der Waals surface area contributed by atoms with Crippen molar-refractivity contribution in [3.63, 3.8) is 0 Å². The fraction of sp³-hybridized carbons (Fsp3) is 0.333. The van der Waals surface area contributed by atoms with Gasteiger partial charge in [0, 0.05) is 7.05 Å². The van der Waals surface area contributed by atoms with Gasteiger partial charge in [0.2, 0.25) is 5.69 Å². The van der Waals surface area contributed by atoms with Gasteiger partial charge in [-0.25, -0.2) is 14.5 Å². The van der Waals surface area contributed by atoms with Gasteiger partial charge in [0.15, 0.2) is 5.69 Å². The Kier molecular flexibility index (Phi) is 3.00. The van der Waals surface area contributed by atoms with Crippen LogP contribution in [0.15, 0.2) is 12.5 Å². The quantitative estimate of drug-likeness (QED) is 0.894. The fourth-order valence-corrected chi connectivity index (χ4v) is 1.54. The van der Waals surface area contributed by atoms with E-state index in [2.05, 4.69) is 15.3 Å². The fourth-order valence-electron chi connectivity index (χ4n) is 1.54. The summed E-state index contributed by atoms with van der Waals surface area (Å²) in [6.07, 6.45) is -2.07. The number of carbonyl (C=O) groups is 1. The van der Waals surface area contributed by atoms with Gasteiger partial charge in [0.25, 0.3) is 0 Å². The molecule has 102 valence electrons. The lowest BCUT2D eigenvalue weighted by Crippen LogP contribution is -2.19. The third-order valence-corrected chi connectivity index (χ3v) is 2.43. The van der Waals surface area contributed by atoms with Crippen LogP contribution in [0.3, 0.4) is 0 Å². The highest BCUT2D eigenvalue weighted by Gasteiger charge is 2.41. The Hall–Kier alpha value is -2.39. The predicted molar refractivity (Wildman–Crippen MR) is 54.3 cm³/mol. The van der Waals surface area contributed by atoms with Crippen molar-refractivity contribution in [3.8, 4) is 0 Å². The van der Waals surface area contributed by atoms with Crippen LogP contribution in [0.2, 0.25) is 0 Å².